The number of carbonyl (C=O) groups is 1. The van der Waals surface area contributed by atoms with E-state index in [0.29, 0.717) is 18.1 Å². The minimum Gasteiger partial charge on any atom is -0.357 e. The highest BCUT2D eigenvalue weighted by Crippen LogP contribution is 2.00. The minimum absolute atomic E-state index is 0.0995. The summed E-state index contributed by atoms with van der Waals surface area (Å²) < 4.78 is 0. The molecule has 0 bridgehead atoms. The second-order valence-electron chi connectivity index (χ2n) is 4.90. The van der Waals surface area contributed by atoms with Crippen LogP contribution >= 0.6 is 12.2 Å². The zero-order chi connectivity index (χ0) is 15.8. The number of hydrogen-bond donors (Lipinski definition) is 2. The fourth-order valence-electron chi connectivity index (χ4n) is 1.95. The molecule has 0 fully saturated rings. The lowest BCUT2D eigenvalue weighted by atomic mass is 10.1. The highest BCUT2D eigenvalue weighted by atomic mass is 32.1. The highest BCUT2D eigenvalue weighted by molar-refractivity contribution is 7.80. The molecule has 2 aromatic rings. The van der Waals surface area contributed by atoms with Gasteiger partial charge in [-0.3, -0.25) is 15.2 Å². The average Bonchev–Trinajstić information content (AvgIpc) is 2.54. The normalized spacial score (nSPS) is 9.86. The smallest absolute Gasteiger partial charge is 0.242 e. The summed E-state index contributed by atoms with van der Waals surface area (Å²) in [4.78, 5) is 12.0. The number of rotatable bonds is 4. The first-order valence-electron chi connectivity index (χ1n) is 7.04. The first-order chi connectivity index (χ1) is 10.6. The van der Waals surface area contributed by atoms with Gasteiger partial charge in [-0.05, 0) is 23.3 Å². The third-order valence-electron chi connectivity index (χ3n) is 3.09. The second kappa shape index (κ2) is 8.14. The molecule has 0 atom stereocenters. The largest absolute Gasteiger partial charge is 0.357 e. The Hall–Kier alpha value is -2.40. The van der Waals surface area contributed by atoms with Gasteiger partial charge in [-0.15, -0.1) is 0 Å². The third-order valence-corrected chi connectivity index (χ3v) is 3.51. The van der Waals surface area contributed by atoms with Gasteiger partial charge < -0.3 is 5.32 Å². The Morgan fingerprint density at radius 1 is 1.00 bits per heavy atom. The lowest BCUT2D eigenvalue weighted by Crippen LogP contribution is -2.48. The number of thiocarbonyl (C=S) groups is 1. The van der Waals surface area contributed by atoms with Crippen molar-refractivity contribution in [1.29, 1.82) is 0 Å². The predicted octanol–water partition coefficient (Wildman–Crippen LogP) is 2.27. The minimum atomic E-state index is -0.0995. The number of hydrazine groups is 1. The van der Waals surface area contributed by atoms with Crippen LogP contribution in [0.1, 0.15) is 11.1 Å². The lowest BCUT2D eigenvalue weighted by molar-refractivity contribution is -0.123. The summed E-state index contributed by atoms with van der Waals surface area (Å²) in [6.45, 7) is 0.624. The monoisotopic (exact) mass is 313 g/mol. The molecule has 2 aromatic carbocycles. The van der Waals surface area contributed by atoms with Crippen LogP contribution in [0.25, 0.3) is 0 Å². The maximum absolute atomic E-state index is 12.0. The fourth-order valence-corrected chi connectivity index (χ4v) is 2.07. The molecule has 0 unspecified atom stereocenters. The van der Waals surface area contributed by atoms with Crippen LogP contribution in [-0.4, -0.2) is 23.1 Å². The molecule has 0 saturated carbocycles. The molecule has 114 valence electrons. The van der Waals surface area contributed by atoms with Crippen LogP contribution < -0.4 is 10.7 Å². The molecule has 0 heterocycles. The zero-order valence-electron chi connectivity index (χ0n) is 12.5. The number of nitrogens with zero attached hydrogens (tertiary/aromatic N) is 1. The highest BCUT2D eigenvalue weighted by Gasteiger charge is 2.08. The Morgan fingerprint density at radius 3 is 2.14 bits per heavy atom. The van der Waals surface area contributed by atoms with Gasteiger partial charge in [-0.1, -0.05) is 60.7 Å². The van der Waals surface area contributed by atoms with Gasteiger partial charge in [-0.25, -0.2) is 0 Å². The molecule has 4 nitrogen and oxygen atoms in total. The maximum Gasteiger partial charge on any atom is 0.242 e. The number of hydrogen-bond acceptors (Lipinski definition) is 2. The summed E-state index contributed by atoms with van der Waals surface area (Å²) >= 11 is 5.26. The van der Waals surface area contributed by atoms with Crippen LogP contribution in [0.4, 0.5) is 0 Å². The van der Waals surface area contributed by atoms with Crippen molar-refractivity contribution in [3.05, 3.63) is 71.8 Å². The summed E-state index contributed by atoms with van der Waals surface area (Å²) in [5, 5.41) is 5.12. The molecule has 5 heteroatoms. The fraction of sp³-hybridized carbons (Fsp3) is 0.176. The summed E-state index contributed by atoms with van der Waals surface area (Å²) in [5.41, 5.74) is 4.86. The molecule has 0 spiro atoms. The lowest BCUT2D eigenvalue weighted by Gasteiger charge is -2.21. The van der Waals surface area contributed by atoms with E-state index >= 15 is 0 Å². The van der Waals surface area contributed by atoms with E-state index in [-0.39, 0.29) is 5.91 Å². The molecule has 0 aliphatic carbocycles. The van der Waals surface area contributed by atoms with Crippen LogP contribution in [0.2, 0.25) is 0 Å². The second-order valence-corrected chi connectivity index (χ2v) is 5.29. The van der Waals surface area contributed by atoms with Gasteiger partial charge in [0.25, 0.3) is 0 Å². The van der Waals surface area contributed by atoms with E-state index in [4.69, 9.17) is 12.2 Å². The van der Waals surface area contributed by atoms with Crippen molar-refractivity contribution in [3.8, 4) is 0 Å². The van der Waals surface area contributed by atoms with Crippen molar-refractivity contribution in [3.63, 3.8) is 0 Å². The summed E-state index contributed by atoms with van der Waals surface area (Å²) in [6, 6.07) is 19.6. The molecule has 2 rings (SSSR count). The number of carbonyl (C=O) groups excluding carboxylic acids is 1. The van der Waals surface area contributed by atoms with Crippen molar-refractivity contribution in [1.82, 2.24) is 15.8 Å². The van der Waals surface area contributed by atoms with E-state index in [2.05, 4.69) is 10.7 Å². The van der Waals surface area contributed by atoms with Crippen LogP contribution in [-0.2, 0) is 17.8 Å². The zero-order valence-corrected chi connectivity index (χ0v) is 13.3. The topological polar surface area (TPSA) is 44.4 Å². The number of amides is 1. The van der Waals surface area contributed by atoms with Crippen LogP contribution in [0, 0.1) is 0 Å². The Morgan fingerprint density at radius 2 is 1.55 bits per heavy atom. The van der Waals surface area contributed by atoms with Crippen molar-refractivity contribution in [2.45, 2.75) is 13.0 Å². The predicted molar refractivity (Wildman–Crippen MR) is 91.9 cm³/mol. The van der Waals surface area contributed by atoms with Crippen LogP contribution in [0.15, 0.2) is 60.7 Å². The van der Waals surface area contributed by atoms with E-state index in [1.807, 2.05) is 60.7 Å². The van der Waals surface area contributed by atoms with Crippen molar-refractivity contribution < 1.29 is 4.79 Å². The van der Waals surface area contributed by atoms with E-state index in [1.54, 1.807) is 7.05 Å². The van der Waals surface area contributed by atoms with Crippen molar-refractivity contribution >= 4 is 23.2 Å². The first kappa shape index (κ1) is 16.0. The molecule has 1 amide bonds. The summed E-state index contributed by atoms with van der Waals surface area (Å²) in [6.07, 6.45) is 0.326. The molecule has 2 N–H and O–H groups in total. The van der Waals surface area contributed by atoms with Gasteiger partial charge in [0.2, 0.25) is 5.91 Å². The SMILES string of the molecule is CN(NC(=O)Cc1ccccc1)C(=S)NCc1ccccc1. The van der Waals surface area contributed by atoms with Gasteiger partial charge in [0.15, 0.2) is 5.11 Å². The van der Waals surface area contributed by atoms with Gasteiger partial charge in [0.1, 0.15) is 0 Å². The van der Waals surface area contributed by atoms with E-state index < -0.39 is 0 Å². The Bertz CT molecular complexity index is 616. The molecule has 0 aromatic heterocycles. The van der Waals surface area contributed by atoms with E-state index in [0.717, 1.165) is 11.1 Å². The molecule has 22 heavy (non-hydrogen) atoms. The molecule has 0 radical (unpaired) electrons. The Kier molecular flexibility index (Phi) is 5.91. The maximum atomic E-state index is 12.0. The summed E-state index contributed by atoms with van der Waals surface area (Å²) in [5.74, 6) is -0.0995. The van der Waals surface area contributed by atoms with Gasteiger partial charge >= 0.3 is 0 Å². The van der Waals surface area contributed by atoms with E-state index in [9.17, 15) is 4.79 Å². The molecule has 0 aliphatic rings. The van der Waals surface area contributed by atoms with Gasteiger partial charge in [0, 0.05) is 13.6 Å². The van der Waals surface area contributed by atoms with E-state index in [1.165, 1.54) is 5.01 Å². The average molecular weight is 313 g/mol. The van der Waals surface area contributed by atoms with Gasteiger partial charge in [0.05, 0.1) is 6.42 Å². The Balaban J connectivity index is 1.77. The first-order valence-corrected chi connectivity index (χ1v) is 7.45. The molecule has 0 saturated heterocycles. The Labute approximate surface area is 136 Å². The van der Waals surface area contributed by atoms with Crippen LogP contribution in [0.3, 0.4) is 0 Å². The number of nitrogens with one attached hydrogen (secondary N) is 2. The molecular formula is C17H19N3OS. The van der Waals surface area contributed by atoms with Crippen molar-refractivity contribution in [2.24, 2.45) is 0 Å². The standard InChI is InChI=1S/C17H19N3OS/c1-20(17(22)18-13-15-10-6-3-7-11-15)19-16(21)12-14-8-4-2-5-9-14/h2-11H,12-13H2,1H3,(H,18,22)(H,19,21). The third kappa shape index (κ3) is 5.18. The molecule has 0 aliphatic heterocycles. The molecular weight excluding hydrogens is 294 g/mol. The number of benzene rings is 2. The summed E-state index contributed by atoms with van der Waals surface area (Å²) in [7, 11) is 1.73. The van der Waals surface area contributed by atoms with Gasteiger partial charge in [-0.2, -0.15) is 0 Å². The quantitative estimate of drug-likeness (QED) is 0.671. The van der Waals surface area contributed by atoms with Crippen LogP contribution in [0.5, 0.6) is 0 Å². The van der Waals surface area contributed by atoms with Crippen molar-refractivity contribution in [2.75, 3.05) is 7.05 Å².